The van der Waals surface area contributed by atoms with E-state index in [-0.39, 0.29) is 11.5 Å². The summed E-state index contributed by atoms with van der Waals surface area (Å²) in [7, 11) is 0. The zero-order valence-electron chi connectivity index (χ0n) is 11.0. The summed E-state index contributed by atoms with van der Waals surface area (Å²) in [6.45, 7) is 1.40. The van der Waals surface area contributed by atoms with Crippen LogP contribution in [0, 0.1) is 12.0 Å². The summed E-state index contributed by atoms with van der Waals surface area (Å²) < 4.78 is 14.2. The topological polar surface area (TPSA) is 33.2 Å². The lowest BCUT2D eigenvalue weighted by Gasteiger charge is -2.18. The van der Waals surface area contributed by atoms with Gasteiger partial charge >= 0.3 is 0 Å². The smallest absolute Gasteiger partial charge is 0.257 e. The monoisotopic (exact) mass is 269 g/mol. The maximum atomic E-state index is 14.2. The minimum absolute atomic E-state index is 0.124. The Kier molecular flexibility index (Phi) is 3.46. The van der Waals surface area contributed by atoms with Crippen molar-refractivity contribution in [3.8, 4) is 11.1 Å². The normalized spacial score (nSPS) is 14.6. The molecule has 0 bridgehead atoms. The second kappa shape index (κ2) is 5.41. The van der Waals surface area contributed by atoms with Gasteiger partial charge in [-0.1, -0.05) is 18.2 Å². The Balaban J connectivity index is 2.07. The molecule has 0 N–H and O–H groups in total. The number of aromatic nitrogens is 1. The molecular formula is C16H14FN2O. The van der Waals surface area contributed by atoms with Crippen molar-refractivity contribution in [2.75, 3.05) is 13.1 Å². The molecule has 0 aliphatic carbocycles. The lowest BCUT2D eigenvalue weighted by atomic mass is 9.99. The number of rotatable bonds is 2. The molecule has 1 aromatic carbocycles. The van der Waals surface area contributed by atoms with Gasteiger partial charge in [-0.15, -0.1) is 0 Å². The van der Waals surface area contributed by atoms with Crippen LogP contribution in [0.2, 0.25) is 0 Å². The molecule has 1 radical (unpaired) electrons. The fourth-order valence-electron chi connectivity index (χ4n) is 2.52. The summed E-state index contributed by atoms with van der Waals surface area (Å²) in [6, 6.07) is 8.19. The Hall–Kier alpha value is -2.23. The quantitative estimate of drug-likeness (QED) is 0.839. The van der Waals surface area contributed by atoms with Gasteiger partial charge in [-0.05, 0) is 30.5 Å². The Labute approximate surface area is 117 Å². The van der Waals surface area contributed by atoms with Gasteiger partial charge in [-0.2, -0.15) is 0 Å². The number of hydrogen-bond acceptors (Lipinski definition) is 2. The molecule has 1 saturated heterocycles. The molecule has 0 spiro atoms. The van der Waals surface area contributed by atoms with Gasteiger partial charge in [0.05, 0.1) is 11.8 Å². The van der Waals surface area contributed by atoms with Crippen molar-refractivity contribution in [2.24, 2.45) is 0 Å². The summed E-state index contributed by atoms with van der Waals surface area (Å²) in [5.74, 6) is -0.732. The van der Waals surface area contributed by atoms with Gasteiger partial charge in [0.2, 0.25) is 0 Å². The average molecular weight is 269 g/mol. The van der Waals surface area contributed by atoms with Crippen LogP contribution in [0.1, 0.15) is 23.2 Å². The van der Waals surface area contributed by atoms with Crippen molar-refractivity contribution in [1.29, 1.82) is 0 Å². The SMILES string of the molecule is O=C(c1c(F)cccc1-c1[c]nccc1)N1CCCC1. The summed E-state index contributed by atoms with van der Waals surface area (Å²) >= 11 is 0. The molecule has 3 rings (SSSR count). The van der Waals surface area contributed by atoms with E-state index in [2.05, 4.69) is 11.2 Å². The number of nitrogens with zero attached hydrogens (tertiary/aromatic N) is 2. The highest BCUT2D eigenvalue weighted by Gasteiger charge is 2.25. The van der Waals surface area contributed by atoms with E-state index in [1.165, 1.54) is 6.07 Å². The third-order valence-corrected chi connectivity index (χ3v) is 3.52. The summed E-state index contributed by atoms with van der Waals surface area (Å²) in [4.78, 5) is 18.1. The first-order chi connectivity index (χ1) is 9.77. The fraction of sp³-hybridized carbons (Fsp3) is 0.250. The zero-order chi connectivity index (χ0) is 13.9. The van der Waals surface area contributed by atoms with E-state index in [1.54, 1.807) is 35.4 Å². The molecule has 1 aliphatic heterocycles. The number of amides is 1. The first kappa shape index (κ1) is 12.8. The third kappa shape index (κ3) is 2.29. The molecule has 0 atom stereocenters. The number of carbonyl (C=O) groups excluding carboxylic acids is 1. The van der Waals surface area contributed by atoms with Gasteiger partial charge in [0.1, 0.15) is 5.82 Å². The van der Waals surface area contributed by atoms with E-state index in [0.717, 1.165) is 12.8 Å². The third-order valence-electron chi connectivity index (χ3n) is 3.52. The van der Waals surface area contributed by atoms with E-state index in [1.807, 2.05) is 0 Å². The van der Waals surface area contributed by atoms with Gasteiger partial charge in [0.15, 0.2) is 0 Å². The van der Waals surface area contributed by atoms with Crippen molar-refractivity contribution in [1.82, 2.24) is 9.88 Å². The van der Waals surface area contributed by atoms with Crippen molar-refractivity contribution in [2.45, 2.75) is 12.8 Å². The molecule has 4 heteroatoms. The zero-order valence-corrected chi connectivity index (χ0v) is 11.0. The van der Waals surface area contributed by atoms with Crippen LogP contribution in [0.15, 0.2) is 36.5 Å². The van der Waals surface area contributed by atoms with Crippen molar-refractivity contribution in [3.63, 3.8) is 0 Å². The molecule has 1 aliphatic rings. The summed E-state index contributed by atoms with van der Waals surface area (Å²) in [5.41, 5.74) is 1.31. The largest absolute Gasteiger partial charge is 0.339 e. The van der Waals surface area contributed by atoms with Crippen LogP contribution in [-0.2, 0) is 0 Å². The van der Waals surface area contributed by atoms with Crippen LogP contribution in [0.5, 0.6) is 0 Å². The number of carbonyl (C=O) groups is 1. The lowest BCUT2D eigenvalue weighted by Crippen LogP contribution is -2.29. The van der Waals surface area contributed by atoms with E-state index in [9.17, 15) is 9.18 Å². The number of likely N-dealkylation sites (tertiary alicyclic amines) is 1. The van der Waals surface area contributed by atoms with Gasteiger partial charge in [-0.25, -0.2) is 4.39 Å². The minimum Gasteiger partial charge on any atom is -0.339 e. The van der Waals surface area contributed by atoms with Crippen LogP contribution in [0.25, 0.3) is 11.1 Å². The number of hydrogen-bond donors (Lipinski definition) is 0. The highest BCUT2D eigenvalue weighted by molar-refractivity contribution is 6.01. The molecule has 2 aromatic rings. The summed E-state index contributed by atoms with van der Waals surface area (Å²) in [5, 5.41) is 0. The number of pyridine rings is 1. The molecule has 1 aromatic heterocycles. The summed E-state index contributed by atoms with van der Waals surface area (Å²) in [6.07, 6.45) is 6.37. The first-order valence-electron chi connectivity index (χ1n) is 6.68. The number of benzene rings is 1. The van der Waals surface area contributed by atoms with Crippen molar-refractivity contribution >= 4 is 5.91 Å². The molecular weight excluding hydrogens is 255 g/mol. The maximum Gasteiger partial charge on any atom is 0.257 e. The van der Waals surface area contributed by atoms with Crippen LogP contribution in [-0.4, -0.2) is 28.9 Å². The standard InChI is InChI=1S/C16H14FN2O/c17-14-7-3-6-13(12-5-4-8-18-11-12)15(14)16(20)19-9-1-2-10-19/h3-8H,1-2,9-10H2. The van der Waals surface area contributed by atoms with Gasteiger partial charge in [0.25, 0.3) is 5.91 Å². The highest BCUT2D eigenvalue weighted by Crippen LogP contribution is 2.27. The number of halogens is 1. The minimum atomic E-state index is -0.489. The van der Waals surface area contributed by atoms with E-state index in [4.69, 9.17) is 0 Å². The average Bonchev–Trinajstić information content (AvgIpc) is 3.01. The van der Waals surface area contributed by atoms with E-state index >= 15 is 0 Å². The molecule has 0 unspecified atom stereocenters. The van der Waals surface area contributed by atoms with Crippen molar-refractivity contribution < 1.29 is 9.18 Å². The van der Waals surface area contributed by atoms with E-state index < -0.39 is 5.82 Å². The first-order valence-corrected chi connectivity index (χ1v) is 6.68. The highest BCUT2D eigenvalue weighted by atomic mass is 19.1. The maximum absolute atomic E-state index is 14.2. The molecule has 1 amide bonds. The predicted octanol–water partition coefficient (Wildman–Crippen LogP) is 2.92. The Morgan fingerprint density at radius 1 is 1.20 bits per heavy atom. The van der Waals surface area contributed by atoms with Gasteiger partial charge in [0, 0.05) is 24.8 Å². The molecule has 20 heavy (non-hydrogen) atoms. The van der Waals surface area contributed by atoms with Crippen LogP contribution >= 0.6 is 0 Å². The van der Waals surface area contributed by atoms with Gasteiger partial charge in [-0.3, -0.25) is 9.78 Å². The van der Waals surface area contributed by atoms with Crippen LogP contribution in [0.3, 0.4) is 0 Å². The lowest BCUT2D eigenvalue weighted by molar-refractivity contribution is 0.0789. The molecule has 3 nitrogen and oxygen atoms in total. The Morgan fingerprint density at radius 3 is 2.70 bits per heavy atom. The molecule has 2 heterocycles. The fourth-order valence-corrected chi connectivity index (χ4v) is 2.52. The van der Waals surface area contributed by atoms with Crippen LogP contribution in [0.4, 0.5) is 4.39 Å². The predicted molar refractivity (Wildman–Crippen MR) is 73.6 cm³/mol. The second-order valence-electron chi connectivity index (χ2n) is 4.82. The van der Waals surface area contributed by atoms with Crippen molar-refractivity contribution in [3.05, 3.63) is 54.1 Å². The van der Waals surface area contributed by atoms with Gasteiger partial charge < -0.3 is 4.90 Å². The molecule has 0 saturated carbocycles. The second-order valence-corrected chi connectivity index (χ2v) is 4.82. The van der Waals surface area contributed by atoms with Crippen LogP contribution < -0.4 is 0 Å². The molecule has 1 fully saturated rings. The Bertz CT molecular complexity index is 622. The Morgan fingerprint density at radius 2 is 2.00 bits per heavy atom. The molecule has 101 valence electrons. The van der Waals surface area contributed by atoms with E-state index in [0.29, 0.717) is 24.2 Å².